The minimum atomic E-state index is -0.800. The number of esters is 1. The largest absolute Gasteiger partial charge is 0.480 e. The summed E-state index contributed by atoms with van der Waals surface area (Å²) in [6.07, 6.45) is 1.66. The number of carbonyl (C=O) groups excluding carboxylic acids is 1. The number of anilines is 1. The van der Waals surface area contributed by atoms with Crippen molar-refractivity contribution < 1.29 is 19.4 Å². The summed E-state index contributed by atoms with van der Waals surface area (Å²) in [6, 6.07) is 8.04. The zero-order valence-electron chi connectivity index (χ0n) is 17.4. The van der Waals surface area contributed by atoms with Crippen LogP contribution in [0.5, 0.6) is 0 Å². The van der Waals surface area contributed by atoms with E-state index in [1.165, 1.54) is 0 Å². The fourth-order valence-corrected chi connectivity index (χ4v) is 4.15. The van der Waals surface area contributed by atoms with Gasteiger partial charge in [0.25, 0.3) is 0 Å². The highest BCUT2D eigenvalue weighted by atomic mass is 16.5. The van der Waals surface area contributed by atoms with Gasteiger partial charge in [-0.3, -0.25) is 9.69 Å². The summed E-state index contributed by atoms with van der Waals surface area (Å²) in [4.78, 5) is 32.8. The molecule has 7 heteroatoms. The lowest BCUT2D eigenvalue weighted by Crippen LogP contribution is -2.47. The van der Waals surface area contributed by atoms with E-state index in [2.05, 4.69) is 4.90 Å². The molecule has 0 bridgehead atoms. The Morgan fingerprint density at radius 3 is 2.55 bits per heavy atom. The Morgan fingerprint density at radius 2 is 1.93 bits per heavy atom. The van der Waals surface area contributed by atoms with Gasteiger partial charge in [-0.25, -0.2) is 9.78 Å². The van der Waals surface area contributed by atoms with Gasteiger partial charge >= 0.3 is 11.9 Å². The summed E-state index contributed by atoms with van der Waals surface area (Å²) in [5.74, 6) is -0.480. The van der Waals surface area contributed by atoms with Crippen LogP contribution in [0.1, 0.15) is 42.6 Å². The van der Waals surface area contributed by atoms with Gasteiger partial charge < -0.3 is 14.7 Å². The second-order valence-electron chi connectivity index (χ2n) is 7.35. The lowest BCUT2D eigenvalue weighted by molar-refractivity contribution is -0.139. The highest BCUT2D eigenvalue weighted by Crippen LogP contribution is 2.31. The first-order chi connectivity index (χ1) is 14.0. The molecule has 29 heavy (non-hydrogen) atoms. The molecule has 0 aliphatic carbocycles. The van der Waals surface area contributed by atoms with Crippen molar-refractivity contribution in [3.05, 3.63) is 35.4 Å². The molecule has 0 atom stereocenters. The maximum atomic E-state index is 12.8. The number of hydrogen-bond donors (Lipinski definition) is 1. The van der Waals surface area contributed by atoms with E-state index in [0.29, 0.717) is 24.5 Å². The number of likely N-dealkylation sites (N-methyl/N-ethyl adjacent to an activating group) is 1. The van der Waals surface area contributed by atoms with Gasteiger partial charge in [0, 0.05) is 24.5 Å². The van der Waals surface area contributed by atoms with Crippen LogP contribution in [0.3, 0.4) is 0 Å². The average molecular weight is 399 g/mol. The van der Waals surface area contributed by atoms with Crippen LogP contribution < -0.4 is 4.90 Å². The summed E-state index contributed by atoms with van der Waals surface area (Å²) >= 11 is 0. The van der Waals surface area contributed by atoms with Crippen molar-refractivity contribution in [3.63, 3.8) is 0 Å². The molecule has 0 unspecified atom stereocenters. The molecule has 1 aliphatic heterocycles. The monoisotopic (exact) mass is 399 g/mol. The quantitative estimate of drug-likeness (QED) is 0.716. The van der Waals surface area contributed by atoms with Crippen LogP contribution >= 0.6 is 0 Å². The van der Waals surface area contributed by atoms with Crippen LogP contribution in [0, 0.1) is 6.92 Å². The van der Waals surface area contributed by atoms with E-state index in [9.17, 15) is 9.59 Å². The van der Waals surface area contributed by atoms with Gasteiger partial charge in [0.2, 0.25) is 0 Å². The molecule has 1 aromatic carbocycles. The molecule has 7 nitrogen and oxygen atoms in total. The number of aryl methyl sites for hydroxylation is 1. The molecule has 1 saturated heterocycles. The van der Waals surface area contributed by atoms with E-state index in [-0.39, 0.29) is 18.6 Å². The summed E-state index contributed by atoms with van der Waals surface area (Å²) in [5, 5.41) is 10.1. The first-order valence-corrected chi connectivity index (χ1v) is 10.2. The van der Waals surface area contributed by atoms with E-state index >= 15 is 0 Å². The SMILES string of the molecule is CCOC(=O)c1c(N2CCC(N(CC)CC(=O)O)CC2)nc2ccccc2c1C. The molecule has 0 spiro atoms. The molecule has 3 rings (SSSR count). The zero-order valence-corrected chi connectivity index (χ0v) is 17.4. The number of aliphatic carboxylic acids is 1. The molecule has 0 amide bonds. The van der Waals surface area contributed by atoms with Crippen molar-refractivity contribution in [2.24, 2.45) is 0 Å². The topological polar surface area (TPSA) is 83.0 Å². The van der Waals surface area contributed by atoms with Crippen LogP contribution in [-0.2, 0) is 9.53 Å². The minimum Gasteiger partial charge on any atom is -0.480 e. The van der Waals surface area contributed by atoms with Gasteiger partial charge in [-0.05, 0) is 44.9 Å². The molecule has 2 aromatic rings. The number of hydrogen-bond acceptors (Lipinski definition) is 6. The third-order valence-electron chi connectivity index (χ3n) is 5.64. The fourth-order valence-electron chi connectivity index (χ4n) is 4.15. The third-order valence-corrected chi connectivity index (χ3v) is 5.64. The molecule has 1 N–H and O–H groups in total. The number of nitrogens with zero attached hydrogens (tertiary/aromatic N) is 3. The van der Waals surface area contributed by atoms with Crippen molar-refractivity contribution in [1.82, 2.24) is 9.88 Å². The van der Waals surface area contributed by atoms with Gasteiger partial charge in [0.15, 0.2) is 0 Å². The van der Waals surface area contributed by atoms with Crippen LogP contribution in [0.4, 0.5) is 5.82 Å². The summed E-state index contributed by atoms with van der Waals surface area (Å²) < 4.78 is 5.33. The number of aromatic nitrogens is 1. The van der Waals surface area contributed by atoms with E-state index < -0.39 is 5.97 Å². The number of piperidine rings is 1. The number of carboxylic acid groups (broad SMARTS) is 1. The second-order valence-corrected chi connectivity index (χ2v) is 7.35. The van der Waals surface area contributed by atoms with E-state index in [1.807, 2.05) is 43.0 Å². The zero-order chi connectivity index (χ0) is 21.0. The summed E-state index contributed by atoms with van der Waals surface area (Å²) in [6.45, 7) is 8.25. The molecule has 0 saturated carbocycles. The minimum absolute atomic E-state index is 0.0581. The Labute approximate surface area is 171 Å². The Hall–Kier alpha value is -2.67. The van der Waals surface area contributed by atoms with Crippen molar-refractivity contribution >= 4 is 28.7 Å². The highest BCUT2D eigenvalue weighted by molar-refractivity contribution is 6.02. The molecule has 2 heterocycles. The molecule has 1 aliphatic rings. The normalized spacial score (nSPS) is 15.1. The maximum absolute atomic E-state index is 12.8. The first-order valence-electron chi connectivity index (χ1n) is 10.2. The number of benzene rings is 1. The van der Waals surface area contributed by atoms with Gasteiger partial charge in [-0.15, -0.1) is 0 Å². The Bertz CT molecular complexity index is 891. The van der Waals surface area contributed by atoms with Crippen molar-refractivity contribution in [1.29, 1.82) is 0 Å². The first kappa shape index (κ1) is 21.0. The standard InChI is InChI=1S/C22H29N3O4/c1-4-24(14-19(26)27)16-10-12-25(13-11-16)21-20(22(28)29-5-2)15(3)17-8-6-7-9-18(17)23-21/h6-9,16H,4-5,10-14H2,1-3H3,(H,26,27). The number of carbonyl (C=O) groups is 2. The fraction of sp³-hybridized carbons (Fsp3) is 0.500. The molecular weight excluding hydrogens is 370 g/mol. The van der Waals surface area contributed by atoms with Gasteiger partial charge in [0.1, 0.15) is 11.4 Å². The summed E-state index contributed by atoms with van der Waals surface area (Å²) in [5.41, 5.74) is 2.27. The maximum Gasteiger partial charge on any atom is 0.342 e. The van der Waals surface area contributed by atoms with Gasteiger partial charge in [-0.1, -0.05) is 25.1 Å². The predicted molar refractivity (Wildman–Crippen MR) is 113 cm³/mol. The lowest BCUT2D eigenvalue weighted by atomic mass is 10.00. The number of ether oxygens (including phenoxy) is 1. The van der Waals surface area contributed by atoms with Crippen molar-refractivity contribution in [2.45, 2.75) is 39.7 Å². The Balaban J connectivity index is 1.90. The van der Waals surface area contributed by atoms with Crippen LogP contribution in [-0.4, -0.2) is 65.8 Å². The average Bonchev–Trinajstić information content (AvgIpc) is 2.72. The van der Waals surface area contributed by atoms with Crippen LogP contribution in [0.25, 0.3) is 10.9 Å². The highest BCUT2D eigenvalue weighted by Gasteiger charge is 2.29. The molecular formula is C22H29N3O4. The molecule has 0 radical (unpaired) electrons. The van der Waals surface area contributed by atoms with Crippen molar-refractivity contribution in [2.75, 3.05) is 37.7 Å². The van der Waals surface area contributed by atoms with Crippen LogP contribution in [0.15, 0.2) is 24.3 Å². The van der Waals surface area contributed by atoms with E-state index in [0.717, 1.165) is 42.4 Å². The number of fused-ring (bicyclic) bond motifs is 1. The number of rotatable bonds is 7. The molecule has 156 valence electrons. The Morgan fingerprint density at radius 1 is 1.24 bits per heavy atom. The lowest BCUT2D eigenvalue weighted by Gasteiger charge is -2.38. The summed E-state index contributed by atoms with van der Waals surface area (Å²) in [7, 11) is 0. The molecule has 1 fully saturated rings. The van der Waals surface area contributed by atoms with Crippen LogP contribution in [0.2, 0.25) is 0 Å². The smallest absolute Gasteiger partial charge is 0.342 e. The van der Waals surface area contributed by atoms with E-state index in [4.69, 9.17) is 14.8 Å². The van der Waals surface area contributed by atoms with Gasteiger partial charge in [-0.2, -0.15) is 0 Å². The number of carboxylic acids is 1. The third kappa shape index (κ3) is 4.50. The Kier molecular flexibility index (Phi) is 6.69. The second kappa shape index (κ2) is 9.22. The van der Waals surface area contributed by atoms with Gasteiger partial charge in [0.05, 0.1) is 18.7 Å². The number of pyridine rings is 1. The van der Waals surface area contributed by atoms with E-state index in [1.54, 1.807) is 6.92 Å². The molecule has 1 aromatic heterocycles. The number of para-hydroxylation sites is 1. The predicted octanol–water partition coefficient (Wildman–Crippen LogP) is 3.10. The van der Waals surface area contributed by atoms with Crippen molar-refractivity contribution in [3.8, 4) is 0 Å².